The Hall–Kier alpha value is -1.28. The minimum Gasteiger partial charge on any atom is -0.385 e. The summed E-state index contributed by atoms with van der Waals surface area (Å²) in [7, 11) is 0. The molecule has 96 valence electrons. The lowest BCUT2D eigenvalue weighted by Crippen LogP contribution is -2.01. The number of fused-ring (bicyclic) bond motifs is 1. The molecule has 0 unspecified atom stereocenters. The van der Waals surface area contributed by atoms with Gasteiger partial charge in [0.2, 0.25) is 0 Å². The smallest absolute Gasteiger partial charge is 0.0770 e. The quantitative estimate of drug-likeness (QED) is 0.872. The molecule has 0 saturated carbocycles. The Bertz CT molecular complexity index is 564. The van der Waals surface area contributed by atoms with E-state index in [0.717, 1.165) is 52.3 Å². The Morgan fingerprint density at radius 2 is 2.06 bits per heavy atom. The molecule has 0 aliphatic heterocycles. The molecule has 0 spiro atoms. The summed E-state index contributed by atoms with van der Waals surface area (Å²) in [5.41, 5.74) is 4.37. The Labute approximate surface area is 113 Å². The van der Waals surface area contributed by atoms with E-state index in [1.165, 1.54) is 0 Å². The minimum atomic E-state index is 0.783. The van der Waals surface area contributed by atoms with E-state index < -0.39 is 0 Å². The topological polar surface area (TPSA) is 24.9 Å². The molecule has 0 aliphatic rings. The van der Waals surface area contributed by atoms with Crippen molar-refractivity contribution in [1.82, 2.24) is 4.98 Å². The van der Waals surface area contributed by atoms with Crippen molar-refractivity contribution < 1.29 is 0 Å². The third kappa shape index (κ3) is 2.44. The molecule has 2 rings (SSSR count). The summed E-state index contributed by atoms with van der Waals surface area (Å²) in [6.07, 6.45) is 2.10. The summed E-state index contributed by atoms with van der Waals surface area (Å²) >= 11 is 6.19. The maximum absolute atomic E-state index is 6.19. The van der Waals surface area contributed by atoms with Gasteiger partial charge in [-0.3, -0.25) is 4.98 Å². The molecule has 0 bridgehead atoms. The van der Waals surface area contributed by atoms with Gasteiger partial charge in [-0.25, -0.2) is 0 Å². The van der Waals surface area contributed by atoms with Crippen molar-refractivity contribution >= 4 is 28.2 Å². The van der Waals surface area contributed by atoms with E-state index in [1.54, 1.807) is 0 Å². The number of nitrogens with one attached hydrogen (secondary N) is 1. The zero-order valence-electron chi connectivity index (χ0n) is 11.2. The predicted octanol–water partition coefficient (Wildman–Crippen LogP) is 4.58. The Morgan fingerprint density at radius 1 is 1.28 bits per heavy atom. The highest BCUT2D eigenvalue weighted by atomic mass is 35.5. The van der Waals surface area contributed by atoms with Gasteiger partial charge in [0.05, 0.1) is 5.52 Å². The molecule has 3 heteroatoms. The highest BCUT2D eigenvalue weighted by Gasteiger charge is 2.09. The molecule has 0 radical (unpaired) electrons. The van der Waals surface area contributed by atoms with E-state index in [4.69, 9.17) is 16.6 Å². The van der Waals surface area contributed by atoms with Gasteiger partial charge in [-0.05, 0) is 44.0 Å². The molecular weight excluding hydrogens is 244 g/mol. The fourth-order valence-electron chi connectivity index (χ4n) is 2.18. The molecule has 0 atom stereocenters. The van der Waals surface area contributed by atoms with E-state index in [2.05, 4.69) is 25.2 Å². The highest BCUT2D eigenvalue weighted by molar-refractivity contribution is 6.32. The fraction of sp³-hybridized carbons (Fsp3) is 0.400. The molecule has 0 saturated heterocycles. The van der Waals surface area contributed by atoms with Crippen molar-refractivity contribution in [2.24, 2.45) is 0 Å². The Kier molecular flexibility index (Phi) is 4.07. The van der Waals surface area contributed by atoms with Crippen LogP contribution in [-0.4, -0.2) is 11.5 Å². The summed E-state index contributed by atoms with van der Waals surface area (Å²) in [6.45, 7) is 7.22. The van der Waals surface area contributed by atoms with Crippen LogP contribution in [0.25, 0.3) is 10.9 Å². The standard InChI is InChI=1S/C15H19ClN2/c1-4-6-11-9-14(17-5-2)12-7-8-13(16)10(3)15(12)18-11/h7-9H,4-6H2,1-3H3,(H,17,18). The van der Waals surface area contributed by atoms with E-state index in [1.807, 2.05) is 19.1 Å². The number of aromatic nitrogens is 1. The van der Waals surface area contributed by atoms with E-state index >= 15 is 0 Å². The molecule has 18 heavy (non-hydrogen) atoms. The molecular formula is C15H19ClN2. The van der Waals surface area contributed by atoms with Crippen LogP contribution < -0.4 is 5.32 Å². The predicted molar refractivity (Wildman–Crippen MR) is 79.6 cm³/mol. The summed E-state index contributed by atoms with van der Waals surface area (Å²) in [5.74, 6) is 0. The Morgan fingerprint density at radius 3 is 2.72 bits per heavy atom. The number of pyridine rings is 1. The van der Waals surface area contributed by atoms with Gasteiger partial charge >= 0.3 is 0 Å². The summed E-state index contributed by atoms with van der Waals surface area (Å²) < 4.78 is 0. The van der Waals surface area contributed by atoms with Crippen LogP contribution in [0.2, 0.25) is 5.02 Å². The molecule has 1 aromatic carbocycles. The number of anilines is 1. The Balaban J connectivity index is 2.68. The van der Waals surface area contributed by atoms with Crippen molar-refractivity contribution in [2.75, 3.05) is 11.9 Å². The molecule has 0 amide bonds. The first kappa shape index (κ1) is 13.2. The van der Waals surface area contributed by atoms with Crippen LogP contribution in [-0.2, 0) is 6.42 Å². The number of nitrogens with zero attached hydrogens (tertiary/aromatic N) is 1. The molecule has 2 aromatic rings. The van der Waals surface area contributed by atoms with Crippen LogP contribution in [0.3, 0.4) is 0 Å². The van der Waals surface area contributed by atoms with Gasteiger partial charge in [0.1, 0.15) is 0 Å². The van der Waals surface area contributed by atoms with Crippen molar-refractivity contribution in [2.45, 2.75) is 33.6 Å². The molecule has 0 fully saturated rings. The number of hydrogen-bond acceptors (Lipinski definition) is 2. The molecule has 1 N–H and O–H groups in total. The molecule has 1 aromatic heterocycles. The van der Waals surface area contributed by atoms with Gasteiger partial charge in [0.15, 0.2) is 0 Å². The average Bonchev–Trinajstić information content (AvgIpc) is 2.35. The second-order valence-electron chi connectivity index (χ2n) is 4.51. The zero-order valence-corrected chi connectivity index (χ0v) is 11.9. The van der Waals surface area contributed by atoms with E-state index in [0.29, 0.717) is 0 Å². The van der Waals surface area contributed by atoms with Gasteiger partial charge in [0.25, 0.3) is 0 Å². The number of aryl methyl sites for hydroxylation is 2. The summed E-state index contributed by atoms with van der Waals surface area (Å²) in [5, 5.41) is 5.35. The molecule has 2 nitrogen and oxygen atoms in total. The van der Waals surface area contributed by atoms with Crippen LogP contribution in [0.4, 0.5) is 5.69 Å². The highest BCUT2D eigenvalue weighted by Crippen LogP contribution is 2.30. The molecule has 1 heterocycles. The normalized spacial score (nSPS) is 10.9. The number of rotatable bonds is 4. The maximum atomic E-state index is 6.19. The lowest BCUT2D eigenvalue weighted by Gasteiger charge is -2.12. The van der Waals surface area contributed by atoms with Crippen molar-refractivity contribution in [3.63, 3.8) is 0 Å². The fourth-order valence-corrected chi connectivity index (χ4v) is 2.33. The third-order valence-electron chi connectivity index (χ3n) is 3.09. The SMILES string of the molecule is CCCc1cc(NCC)c2ccc(Cl)c(C)c2n1. The van der Waals surface area contributed by atoms with Gasteiger partial charge < -0.3 is 5.32 Å². The van der Waals surface area contributed by atoms with Crippen LogP contribution in [0.5, 0.6) is 0 Å². The monoisotopic (exact) mass is 262 g/mol. The van der Waals surface area contributed by atoms with E-state index in [-0.39, 0.29) is 0 Å². The largest absolute Gasteiger partial charge is 0.385 e. The molecule has 0 aliphatic carbocycles. The maximum Gasteiger partial charge on any atom is 0.0770 e. The van der Waals surface area contributed by atoms with Gasteiger partial charge in [-0.1, -0.05) is 24.9 Å². The van der Waals surface area contributed by atoms with Crippen LogP contribution in [0.15, 0.2) is 18.2 Å². The van der Waals surface area contributed by atoms with Crippen LogP contribution in [0.1, 0.15) is 31.5 Å². The van der Waals surface area contributed by atoms with E-state index in [9.17, 15) is 0 Å². The first-order chi connectivity index (χ1) is 8.67. The van der Waals surface area contributed by atoms with Crippen molar-refractivity contribution in [3.8, 4) is 0 Å². The first-order valence-electron chi connectivity index (χ1n) is 6.50. The second-order valence-corrected chi connectivity index (χ2v) is 4.92. The zero-order chi connectivity index (χ0) is 13.1. The van der Waals surface area contributed by atoms with Crippen molar-refractivity contribution in [1.29, 1.82) is 0 Å². The van der Waals surface area contributed by atoms with Gasteiger partial charge in [-0.15, -0.1) is 0 Å². The lowest BCUT2D eigenvalue weighted by molar-refractivity contribution is 0.889. The third-order valence-corrected chi connectivity index (χ3v) is 3.50. The second kappa shape index (κ2) is 5.57. The minimum absolute atomic E-state index is 0.783. The summed E-state index contributed by atoms with van der Waals surface area (Å²) in [6, 6.07) is 6.15. The van der Waals surface area contributed by atoms with Gasteiger partial charge in [-0.2, -0.15) is 0 Å². The number of hydrogen-bond donors (Lipinski definition) is 1. The van der Waals surface area contributed by atoms with Crippen LogP contribution in [0, 0.1) is 6.92 Å². The number of benzene rings is 1. The lowest BCUT2D eigenvalue weighted by atomic mass is 10.1. The average molecular weight is 263 g/mol. The number of halogens is 1. The van der Waals surface area contributed by atoms with Crippen molar-refractivity contribution in [3.05, 3.63) is 34.5 Å². The first-order valence-corrected chi connectivity index (χ1v) is 6.87. The van der Waals surface area contributed by atoms with Gasteiger partial charge in [0, 0.05) is 28.3 Å². The van der Waals surface area contributed by atoms with Crippen LogP contribution >= 0.6 is 11.6 Å². The summed E-state index contributed by atoms with van der Waals surface area (Å²) in [4.78, 5) is 4.74.